The van der Waals surface area contributed by atoms with Crippen molar-refractivity contribution in [2.75, 3.05) is 11.9 Å². The Morgan fingerprint density at radius 2 is 2.40 bits per heavy atom. The maximum absolute atomic E-state index is 10.9. The van der Waals surface area contributed by atoms with Gasteiger partial charge in [-0.3, -0.25) is 4.79 Å². The molecule has 4 heteroatoms. The van der Waals surface area contributed by atoms with Crippen LogP contribution in [0.2, 0.25) is 5.02 Å². The summed E-state index contributed by atoms with van der Waals surface area (Å²) in [4.78, 5) is 10.9. The van der Waals surface area contributed by atoms with Gasteiger partial charge >= 0.3 is 5.97 Å². The molecule has 0 amide bonds. The van der Waals surface area contributed by atoms with Gasteiger partial charge in [-0.15, -0.1) is 0 Å². The summed E-state index contributed by atoms with van der Waals surface area (Å²) in [6, 6.07) is 5.59. The lowest BCUT2D eigenvalue weighted by atomic mass is 9.89. The van der Waals surface area contributed by atoms with Gasteiger partial charge in [0.1, 0.15) is 0 Å². The van der Waals surface area contributed by atoms with E-state index in [0.29, 0.717) is 11.6 Å². The van der Waals surface area contributed by atoms with Crippen LogP contribution >= 0.6 is 11.6 Å². The van der Waals surface area contributed by atoms with E-state index in [1.165, 1.54) is 0 Å². The first kappa shape index (κ1) is 10.3. The number of carbonyl (C=O) groups is 1. The first-order chi connectivity index (χ1) is 7.11. The monoisotopic (exact) mass is 225 g/mol. The number of halogens is 1. The van der Waals surface area contributed by atoms with E-state index in [9.17, 15) is 4.79 Å². The summed E-state index contributed by atoms with van der Waals surface area (Å²) in [5, 5.41) is 12.8. The molecular weight excluding hydrogens is 214 g/mol. The molecule has 2 rings (SSSR count). The smallest absolute Gasteiger partial charge is 0.306 e. The highest BCUT2D eigenvalue weighted by molar-refractivity contribution is 6.32. The molecule has 0 saturated carbocycles. The Balaban J connectivity index is 2.39. The van der Waals surface area contributed by atoms with Crippen molar-refractivity contribution in [2.45, 2.75) is 12.8 Å². The number of carboxylic acids is 1. The normalized spacial score (nSPS) is 20.5. The van der Waals surface area contributed by atoms with Gasteiger partial charge < -0.3 is 10.4 Å². The zero-order valence-electron chi connectivity index (χ0n) is 8.33. The molecule has 0 radical (unpaired) electrons. The average molecular weight is 226 g/mol. The first-order valence-electron chi connectivity index (χ1n) is 4.86. The highest BCUT2D eigenvalue weighted by atomic mass is 35.5. The molecule has 1 aliphatic heterocycles. The molecule has 1 aliphatic rings. The van der Waals surface area contributed by atoms with Crippen LogP contribution < -0.4 is 5.32 Å². The van der Waals surface area contributed by atoms with Crippen molar-refractivity contribution in [3.8, 4) is 0 Å². The Bertz CT molecular complexity index is 406. The second kappa shape index (κ2) is 3.74. The third-order valence-corrected chi connectivity index (χ3v) is 3.26. The molecule has 1 aromatic carbocycles. The van der Waals surface area contributed by atoms with E-state index in [1.54, 1.807) is 13.0 Å². The quantitative estimate of drug-likeness (QED) is 0.814. The Labute approximate surface area is 93.1 Å². The van der Waals surface area contributed by atoms with Crippen LogP contribution in [0.25, 0.3) is 0 Å². The number of anilines is 1. The van der Waals surface area contributed by atoms with Gasteiger partial charge in [0.05, 0.1) is 5.92 Å². The number of rotatable bonds is 2. The number of fused-ring (bicyclic) bond motifs is 1. The minimum Gasteiger partial charge on any atom is -0.481 e. The Morgan fingerprint density at radius 3 is 3.07 bits per heavy atom. The molecule has 2 N–H and O–H groups in total. The molecule has 0 saturated heterocycles. The molecule has 1 aromatic rings. The third-order valence-electron chi connectivity index (χ3n) is 2.93. The van der Waals surface area contributed by atoms with Crippen LogP contribution in [-0.4, -0.2) is 17.6 Å². The zero-order valence-corrected chi connectivity index (χ0v) is 9.08. The van der Waals surface area contributed by atoms with Crippen LogP contribution in [0.5, 0.6) is 0 Å². The largest absolute Gasteiger partial charge is 0.481 e. The van der Waals surface area contributed by atoms with Crippen LogP contribution in [0.15, 0.2) is 18.2 Å². The molecule has 0 fully saturated rings. The summed E-state index contributed by atoms with van der Waals surface area (Å²) < 4.78 is 0. The average Bonchev–Trinajstić information content (AvgIpc) is 2.61. The van der Waals surface area contributed by atoms with E-state index in [0.717, 1.165) is 11.3 Å². The number of aliphatic carboxylic acids is 1. The van der Waals surface area contributed by atoms with Crippen LogP contribution in [0.4, 0.5) is 5.69 Å². The van der Waals surface area contributed by atoms with Crippen molar-refractivity contribution in [3.63, 3.8) is 0 Å². The molecule has 15 heavy (non-hydrogen) atoms. The van der Waals surface area contributed by atoms with Gasteiger partial charge in [0.15, 0.2) is 0 Å². The van der Waals surface area contributed by atoms with Gasteiger partial charge in [0, 0.05) is 23.2 Å². The first-order valence-corrected chi connectivity index (χ1v) is 5.24. The predicted octanol–water partition coefficient (Wildman–Crippen LogP) is 2.57. The van der Waals surface area contributed by atoms with Gasteiger partial charge in [-0.05, 0) is 17.7 Å². The Hall–Kier alpha value is -1.22. The fraction of sp³-hybridized carbons (Fsp3) is 0.364. The minimum atomic E-state index is -0.783. The lowest BCUT2D eigenvalue weighted by Crippen LogP contribution is -2.20. The van der Waals surface area contributed by atoms with Crippen molar-refractivity contribution >= 4 is 23.3 Å². The summed E-state index contributed by atoms with van der Waals surface area (Å²) in [5.41, 5.74) is 1.90. The minimum absolute atomic E-state index is 0.0359. The maximum atomic E-state index is 10.9. The molecule has 1 heterocycles. The molecule has 0 aromatic heterocycles. The second-order valence-corrected chi connectivity index (χ2v) is 4.22. The standard InChI is InChI=1S/C11H12ClNO2/c1-6(11(14)15)7-5-13-9-4-2-3-8(12)10(7)9/h2-4,6-7,13H,5H2,1H3,(H,14,15). The molecule has 2 unspecified atom stereocenters. The lowest BCUT2D eigenvalue weighted by Gasteiger charge is -2.15. The van der Waals surface area contributed by atoms with Crippen LogP contribution in [0, 0.1) is 5.92 Å². The Kier molecular flexibility index (Phi) is 2.57. The molecule has 3 nitrogen and oxygen atoms in total. The number of nitrogens with one attached hydrogen (secondary N) is 1. The van der Waals surface area contributed by atoms with E-state index in [-0.39, 0.29) is 5.92 Å². The number of hydrogen-bond donors (Lipinski definition) is 2. The van der Waals surface area contributed by atoms with Gasteiger partial charge in [0.2, 0.25) is 0 Å². The summed E-state index contributed by atoms with van der Waals surface area (Å²) in [5.74, 6) is -1.24. The number of benzene rings is 1. The molecular formula is C11H12ClNO2. The predicted molar refractivity (Wildman–Crippen MR) is 59.5 cm³/mol. The fourth-order valence-corrected chi connectivity index (χ4v) is 2.30. The van der Waals surface area contributed by atoms with Crippen molar-refractivity contribution in [1.82, 2.24) is 0 Å². The van der Waals surface area contributed by atoms with Crippen LogP contribution in [-0.2, 0) is 4.79 Å². The summed E-state index contributed by atoms with van der Waals surface area (Å²) in [7, 11) is 0. The summed E-state index contributed by atoms with van der Waals surface area (Å²) in [6.07, 6.45) is 0. The lowest BCUT2D eigenvalue weighted by molar-refractivity contribution is -0.141. The van der Waals surface area contributed by atoms with Crippen molar-refractivity contribution in [1.29, 1.82) is 0 Å². The van der Waals surface area contributed by atoms with Crippen molar-refractivity contribution in [3.05, 3.63) is 28.8 Å². The van der Waals surface area contributed by atoms with E-state index in [2.05, 4.69) is 5.32 Å². The molecule has 0 bridgehead atoms. The molecule has 0 aliphatic carbocycles. The molecule has 80 valence electrons. The summed E-state index contributed by atoms with van der Waals surface area (Å²) in [6.45, 7) is 2.36. The fourth-order valence-electron chi connectivity index (χ4n) is 1.99. The van der Waals surface area contributed by atoms with E-state index in [4.69, 9.17) is 16.7 Å². The van der Waals surface area contributed by atoms with E-state index >= 15 is 0 Å². The maximum Gasteiger partial charge on any atom is 0.306 e. The SMILES string of the molecule is CC(C(=O)O)C1CNc2cccc(Cl)c21. The van der Waals surface area contributed by atoms with E-state index in [1.807, 2.05) is 12.1 Å². The van der Waals surface area contributed by atoms with Gasteiger partial charge in [-0.2, -0.15) is 0 Å². The van der Waals surface area contributed by atoms with Crippen LogP contribution in [0.3, 0.4) is 0 Å². The number of hydrogen-bond acceptors (Lipinski definition) is 2. The van der Waals surface area contributed by atoms with Crippen LogP contribution in [0.1, 0.15) is 18.4 Å². The van der Waals surface area contributed by atoms with E-state index < -0.39 is 11.9 Å². The van der Waals surface area contributed by atoms with Gasteiger partial charge in [0.25, 0.3) is 0 Å². The van der Waals surface area contributed by atoms with Crippen molar-refractivity contribution < 1.29 is 9.90 Å². The van der Waals surface area contributed by atoms with Gasteiger partial charge in [-0.25, -0.2) is 0 Å². The highest BCUT2D eigenvalue weighted by Gasteiger charge is 2.32. The third kappa shape index (κ3) is 1.67. The van der Waals surface area contributed by atoms with Gasteiger partial charge in [-0.1, -0.05) is 24.6 Å². The zero-order chi connectivity index (χ0) is 11.0. The Morgan fingerprint density at radius 1 is 1.67 bits per heavy atom. The topological polar surface area (TPSA) is 49.3 Å². The second-order valence-electron chi connectivity index (χ2n) is 3.82. The molecule has 0 spiro atoms. The molecule has 2 atom stereocenters. The summed E-state index contributed by atoms with van der Waals surface area (Å²) >= 11 is 6.08. The highest BCUT2D eigenvalue weighted by Crippen LogP contribution is 2.40. The van der Waals surface area contributed by atoms with Crippen molar-refractivity contribution in [2.24, 2.45) is 5.92 Å². The number of carboxylic acid groups (broad SMARTS) is 1.